The standard InChI is InChI=1S/C10H17N3O5S2/c1-7-10(9(5-14)12-11-7)20(17,18)13(2)8-3-4-19(15,16)6-8/h8,14H,3-6H2,1-2H3,(H,11,12). The average molecular weight is 323 g/mol. The van der Waals surface area contributed by atoms with Gasteiger partial charge in [-0.3, -0.25) is 5.10 Å². The van der Waals surface area contributed by atoms with E-state index in [4.69, 9.17) is 5.11 Å². The molecular weight excluding hydrogens is 306 g/mol. The van der Waals surface area contributed by atoms with Gasteiger partial charge in [-0.15, -0.1) is 0 Å². The van der Waals surface area contributed by atoms with Crippen LogP contribution in [0.5, 0.6) is 0 Å². The van der Waals surface area contributed by atoms with Crippen molar-refractivity contribution >= 4 is 19.9 Å². The molecule has 0 amide bonds. The summed E-state index contributed by atoms with van der Waals surface area (Å²) in [4.78, 5) is -0.0770. The molecule has 0 bridgehead atoms. The Balaban J connectivity index is 2.38. The van der Waals surface area contributed by atoms with Gasteiger partial charge in [0, 0.05) is 13.1 Å². The predicted octanol–water partition coefficient (Wildman–Crippen LogP) is -0.982. The van der Waals surface area contributed by atoms with E-state index in [9.17, 15) is 16.8 Å². The molecule has 20 heavy (non-hydrogen) atoms. The first-order valence-corrected chi connectivity index (χ1v) is 9.28. The molecule has 2 rings (SSSR count). The van der Waals surface area contributed by atoms with Crippen molar-refractivity contribution in [3.63, 3.8) is 0 Å². The number of aromatic amines is 1. The van der Waals surface area contributed by atoms with Crippen molar-refractivity contribution in [2.75, 3.05) is 18.6 Å². The third kappa shape index (κ3) is 2.60. The Labute approximate surface area is 117 Å². The first kappa shape index (κ1) is 15.4. The molecule has 114 valence electrons. The summed E-state index contributed by atoms with van der Waals surface area (Å²) in [6.45, 7) is 1.04. The highest BCUT2D eigenvalue weighted by atomic mass is 32.2. The van der Waals surface area contributed by atoms with E-state index in [1.54, 1.807) is 0 Å². The number of aryl methyl sites for hydroxylation is 1. The lowest BCUT2D eigenvalue weighted by atomic mass is 10.3. The van der Waals surface area contributed by atoms with Crippen LogP contribution in [-0.2, 0) is 26.5 Å². The van der Waals surface area contributed by atoms with Crippen LogP contribution in [0.1, 0.15) is 17.8 Å². The zero-order valence-corrected chi connectivity index (χ0v) is 12.8. The van der Waals surface area contributed by atoms with Crippen molar-refractivity contribution in [2.45, 2.75) is 30.9 Å². The summed E-state index contributed by atoms with van der Waals surface area (Å²) in [7, 11) is -5.71. The number of H-pyrrole nitrogens is 1. The summed E-state index contributed by atoms with van der Waals surface area (Å²) in [5.41, 5.74) is 0.358. The summed E-state index contributed by atoms with van der Waals surface area (Å²) < 4.78 is 49.1. The first-order chi connectivity index (χ1) is 9.19. The third-order valence-corrected chi connectivity index (χ3v) is 7.34. The van der Waals surface area contributed by atoms with Crippen LogP contribution >= 0.6 is 0 Å². The van der Waals surface area contributed by atoms with E-state index >= 15 is 0 Å². The van der Waals surface area contributed by atoms with Crippen LogP contribution in [0.3, 0.4) is 0 Å². The summed E-state index contributed by atoms with van der Waals surface area (Å²) in [5, 5.41) is 15.4. The molecule has 10 heteroatoms. The first-order valence-electron chi connectivity index (χ1n) is 6.02. The number of aliphatic hydroxyl groups is 1. The minimum atomic E-state index is -3.89. The van der Waals surface area contributed by atoms with Crippen molar-refractivity contribution in [3.05, 3.63) is 11.4 Å². The van der Waals surface area contributed by atoms with Crippen LogP contribution in [-0.4, -0.2) is 61.0 Å². The average Bonchev–Trinajstić information content (AvgIpc) is 2.91. The molecule has 2 heterocycles. The predicted molar refractivity (Wildman–Crippen MR) is 71.3 cm³/mol. The van der Waals surface area contributed by atoms with Gasteiger partial charge in [0.15, 0.2) is 9.84 Å². The van der Waals surface area contributed by atoms with Crippen molar-refractivity contribution in [1.29, 1.82) is 0 Å². The van der Waals surface area contributed by atoms with Crippen LogP contribution in [0.2, 0.25) is 0 Å². The molecule has 1 aliphatic heterocycles. The van der Waals surface area contributed by atoms with E-state index in [1.807, 2.05) is 0 Å². The summed E-state index contributed by atoms with van der Waals surface area (Å²) in [5.74, 6) is -0.178. The van der Waals surface area contributed by atoms with Gasteiger partial charge in [-0.25, -0.2) is 16.8 Å². The van der Waals surface area contributed by atoms with Crippen LogP contribution in [0.25, 0.3) is 0 Å². The number of aliphatic hydroxyl groups excluding tert-OH is 1. The molecule has 0 aromatic carbocycles. The molecule has 1 unspecified atom stereocenters. The molecule has 1 saturated heterocycles. The van der Waals surface area contributed by atoms with Gasteiger partial charge < -0.3 is 5.11 Å². The maximum Gasteiger partial charge on any atom is 0.246 e. The second-order valence-electron chi connectivity index (χ2n) is 4.86. The summed E-state index contributed by atoms with van der Waals surface area (Å²) in [6.07, 6.45) is 0.281. The van der Waals surface area contributed by atoms with E-state index in [1.165, 1.54) is 14.0 Å². The Kier molecular flexibility index (Phi) is 3.93. The largest absolute Gasteiger partial charge is 0.390 e. The molecule has 0 spiro atoms. The maximum atomic E-state index is 12.6. The molecule has 1 aromatic rings. The fourth-order valence-corrected chi connectivity index (χ4v) is 5.89. The molecule has 0 radical (unpaired) electrons. The summed E-state index contributed by atoms with van der Waals surface area (Å²) >= 11 is 0. The number of sulfonamides is 1. The van der Waals surface area contributed by atoms with Gasteiger partial charge >= 0.3 is 0 Å². The molecule has 2 N–H and O–H groups in total. The number of hydrogen-bond acceptors (Lipinski definition) is 6. The lowest BCUT2D eigenvalue weighted by Gasteiger charge is -2.22. The Morgan fingerprint density at radius 2 is 2.15 bits per heavy atom. The number of rotatable bonds is 4. The molecule has 1 aromatic heterocycles. The van der Waals surface area contributed by atoms with Crippen LogP contribution < -0.4 is 0 Å². The normalized spacial score (nSPS) is 22.5. The van der Waals surface area contributed by atoms with Gasteiger partial charge in [0.25, 0.3) is 0 Å². The second kappa shape index (κ2) is 5.10. The molecule has 1 aliphatic rings. The number of hydrogen-bond donors (Lipinski definition) is 2. The lowest BCUT2D eigenvalue weighted by Crippen LogP contribution is -2.38. The van der Waals surface area contributed by atoms with E-state index in [0.29, 0.717) is 5.69 Å². The van der Waals surface area contributed by atoms with E-state index < -0.39 is 32.5 Å². The van der Waals surface area contributed by atoms with E-state index in [-0.39, 0.29) is 28.5 Å². The van der Waals surface area contributed by atoms with Crippen molar-refractivity contribution in [2.24, 2.45) is 0 Å². The lowest BCUT2D eigenvalue weighted by molar-refractivity contribution is 0.273. The molecule has 1 atom stereocenters. The molecule has 8 nitrogen and oxygen atoms in total. The van der Waals surface area contributed by atoms with Crippen LogP contribution in [0, 0.1) is 6.92 Å². The Hall–Kier alpha value is -0.970. The van der Waals surface area contributed by atoms with Gasteiger partial charge in [-0.2, -0.15) is 9.40 Å². The minimum absolute atomic E-state index is 0.00521. The zero-order valence-electron chi connectivity index (χ0n) is 11.2. The van der Waals surface area contributed by atoms with Gasteiger partial charge in [-0.1, -0.05) is 0 Å². The zero-order chi connectivity index (χ0) is 15.1. The smallest absolute Gasteiger partial charge is 0.246 e. The third-order valence-electron chi connectivity index (χ3n) is 3.47. The van der Waals surface area contributed by atoms with Crippen molar-refractivity contribution in [3.8, 4) is 0 Å². The highest BCUT2D eigenvalue weighted by molar-refractivity contribution is 7.92. The van der Waals surface area contributed by atoms with Gasteiger partial charge in [0.05, 0.1) is 23.8 Å². The number of nitrogens with zero attached hydrogens (tertiary/aromatic N) is 2. The van der Waals surface area contributed by atoms with E-state index in [2.05, 4.69) is 10.2 Å². The van der Waals surface area contributed by atoms with Crippen LogP contribution in [0.15, 0.2) is 4.90 Å². The quantitative estimate of drug-likeness (QED) is 0.734. The summed E-state index contributed by atoms with van der Waals surface area (Å²) in [6, 6.07) is -0.578. The number of sulfone groups is 1. The topological polar surface area (TPSA) is 120 Å². The Morgan fingerprint density at radius 3 is 2.65 bits per heavy atom. The molecule has 0 aliphatic carbocycles. The van der Waals surface area contributed by atoms with Gasteiger partial charge in [0.2, 0.25) is 10.0 Å². The molecular formula is C10H17N3O5S2. The second-order valence-corrected chi connectivity index (χ2v) is 9.02. The van der Waals surface area contributed by atoms with Crippen molar-refractivity contribution in [1.82, 2.24) is 14.5 Å². The molecule has 0 saturated carbocycles. The Morgan fingerprint density at radius 1 is 1.50 bits per heavy atom. The highest BCUT2D eigenvalue weighted by Gasteiger charge is 2.38. The Bertz CT molecular complexity index is 707. The SMILES string of the molecule is Cc1[nH]nc(CO)c1S(=O)(=O)N(C)C1CCS(=O)(=O)C1. The monoisotopic (exact) mass is 323 g/mol. The van der Waals surface area contributed by atoms with Crippen molar-refractivity contribution < 1.29 is 21.9 Å². The fraction of sp³-hybridized carbons (Fsp3) is 0.700. The number of aromatic nitrogens is 2. The van der Waals surface area contributed by atoms with Gasteiger partial charge in [0.1, 0.15) is 10.6 Å². The maximum absolute atomic E-state index is 12.6. The fourth-order valence-electron chi connectivity index (χ4n) is 2.32. The molecule has 1 fully saturated rings. The van der Waals surface area contributed by atoms with Crippen LogP contribution in [0.4, 0.5) is 0 Å². The minimum Gasteiger partial charge on any atom is -0.390 e. The van der Waals surface area contributed by atoms with E-state index in [0.717, 1.165) is 4.31 Å². The van der Waals surface area contributed by atoms with Gasteiger partial charge in [-0.05, 0) is 13.3 Å². The number of nitrogens with one attached hydrogen (secondary N) is 1. The highest BCUT2D eigenvalue weighted by Crippen LogP contribution is 2.26.